The summed E-state index contributed by atoms with van der Waals surface area (Å²) < 4.78 is 2.38. The summed E-state index contributed by atoms with van der Waals surface area (Å²) in [6.07, 6.45) is 17.5. The topological polar surface area (TPSA) is 41.0 Å². The summed E-state index contributed by atoms with van der Waals surface area (Å²) >= 11 is 0. The van der Waals surface area contributed by atoms with E-state index in [1.54, 1.807) is 0 Å². The van der Waals surface area contributed by atoms with Crippen LogP contribution in [0.25, 0.3) is 66.5 Å². The molecule has 2 unspecified atom stereocenters. The van der Waals surface area contributed by atoms with Gasteiger partial charge in [-0.2, -0.15) is 0 Å². The van der Waals surface area contributed by atoms with Crippen LogP contribution in [-0.2, 0) is 6.54 Å². The van der Waals surface area contributed by atoms with Gasteiger partial charge in [-0.15, -0.1) is 0 Å². The molecule has 0 bridgehead atoms. The Bertz CT molecular complexity index is 3000. The van der Waals surface area contributed by atoms with Gasteiger partial charge < -0.3 is 20.5 Å². The van der Waals surface area contributed by atoms with Gasteiger partial charge in [0.2, 0.25) is 0 Å². The first-order valence-electron chi connectivity index (χ1n) is 19.8. The standard InChI is InChI=1S/C53H40N4/c1-4-14-35(15-5-1)52-40-20-10-11-21-41(40)53(36-16-6-2-7-17-36)44-33-37(26-28-42(44)52)46-22-12-24-48(55-46)49-25-13-23-47(56-49)38-27-29-50-43(32-38)45-34-54-31-30-51(45)57(50)39-18-8-3-9-19-39/h1-33,46-47,54-56H,34H2. The van der Waals surface area contributed by atoms with Gasteiger partial charge in [-0.25, -0.2) is 0 Å². The Balaban J connectivity index is 0.934. The number of hydrogen-bond acceptors (Lipinski definition) is 3. The van der Waals surface area contributed by atoms with Gasteiger partial charge in [0.15, 0.2) is 0 Å². The molecule has 4 nitrogen and oxygen atoms in total. The van der Waals surface area contributed by atoms with E-state index in [2.05, 4.69) is 221 Å². The second kappa shape index (κ2) is 13.8. The first-order valence-corrected chi connectivity index (χ1v) is 19.8. The minimum absolute atomic E-state index is 0.00194. The van der Waals surface area contributed by atoms with Crippen LogP contribution in [0.5, 0.6) is 0 Å². The summed E-state index contributed by atoms with van der Waals surface area (Å²) in [6, 6.07) is 55.2. The highest BCUT2D eigenvalue weighted by atomic mass is 15.0. The van der Waals surface area contributed by atoms with Crippen molar-refractivity contribution >= 4 is 38.5 Å². The summed E-state index contributed by atoms with van der Waals surface area (Å²) in [7, 11) is 0. The lowest BCUT2D eigenvalue weighted by molar-refractivity contribution is 0.652. The Labute approximate surface area is 332 Å². The first kappa shape index (κ1) is 33.1. The summed E-state index contributed by atoms with van der Waals surface area (Å²) in [5.41, 5.74) is 14.6. The molecular formula is C53H40N4. The molecule has 3 aliphatic rings. The number of hydrogen-bond donors (Lipinski definition) is 3. The minimum Gasteiger partial charge on any atom is -0.387 e. The van der Waals surface area contributed by atoms with Crippen molar-refractivity contribution in [2.45, 2.75) is 18.6 Å². The lowest BCUT2D eigenvalue weighted by Crippen LogP contribution is -2.30. The molecule has 11 rings (SSSR count). The van der Waals surface area contributed by atoms with E-state index < -0.39 is 0 Å². The third-order valence-electron chi connectivity index (χ3n) is 11.7. The number of fused-ring (bicyclic) bond motifs is 5. The monoisotopic (exact) mass is 732 g/mol. The van der Waals surface area contributed by atoms with Crippen LogP contribution in [0.15, 0.2) is 206 Å². The largest absolute Gasteiger partial charge is 0.387 e. The van der Waals surface area contributed by atoms with E-state index in [0.29, 0.717) is 0 Å². The maximum absolute atomic E-state index is 3.90. The van der Waals surface area contributed by atoms with Crippen molar-refractivity contribution in [3.63, 3.8) is 0 Å². The normalized spacial score (nSPS) is 17.1. The molecule has 0 spiro atoms. The van der Waals surface area contributed by atoms with Crippen LogP contribution in [0.1, 0.15) is 34.5 Å². The molecule has 0 fully saturated rings. The highest BCUT2D eigenvalue weighted by molar-refractivity contribution is 6.21. The van der Waals surface area contributed by atoms with E-state index in [1.165, 1.54) is 82.8 Å². The van der Waals surface area contributed by atoms with Crippen LogP contribution in [0.3, 0.4) is 0 Å². The number of aromatic nitrogens is 1. The molecular weight excluding hydrogens is 693 g/mol. The molecule has 7 aromatic carbocycles. The quantitative estimate of drug-likeness (QED) is 0.149. The average Bonchev–Trinajstić information content (AvgIpc) is 3.62. The zero-order chi connectivity index (χ0) is 37.7. The number of allylic oxidation sites excluding steroid dienone is 4. The van der Waals surface area contributed by atoms with E-state index in [4.69, 9.17) is 0 Å². The van der Waals surface area contributed by atoms with Crippen molar-refractivity contribution in [3.05, 3.63) is 228 Å². The van der Waals surface area contributed by atoms with E-state index in [0.717, 1.165) is 17.9 Å². The number of nitrogens with zero attached hydrogens (tertiary/aromatic N) is 1. The fourth-order valence-electron chi connectivity index (χ4n) is 9.10. The SMILES string of the molecule is C1=CC(c2ccc3c(-c4ccccc4)c4ccccc4c(-c4ccccc4)c3c2)NC(C2=CC=CC(c3ccc4c(c3)c3c(n4-c4ccccc4)C=CNC3)N2)=C1. The van der Waals surface area contributed by atoms with Crippen molar-refractivity contribution in [1.29, 1.82) is 0 Å². The molecule has 57 heavy (non-hydrogen) atoms. The van der Waals surface area contributed by atoms with Gasteiger partial charge in [-0.05, 0) is 110 Å². The highest BCUT2D eigenvalue weighted by Crippen LogP contribution is 2.44. The first-order chi connectivity index (χ1) is 28.3. The Morgan fingerprint density at radius 2 is 1.02 bits per heavy atom. The summed E-state index contributed by atoms with van der Waals surface area (Å²) in [4.78, 5) is 0. The number of nitrogens with one attached hydrogen (secondary N) is 3. The van der Waals surface area contributed by atoms with Crippen LogP contribution in [-0.4, -0.2) is 4.57 Å². The van der Waals surface area contributed by atoms with Crippen LogP contribution >= 0.6 is 0 Å². The van der Waals surface area contributed by atoms with Gasteiger partial charge in [0.25, 0.3) is 0 Å². The molecule has 4 heteroatoms. The second-order valence-electron chi connectivity index (χ2n) is 15.0. The van der Waals surface area contributed by atoms with Crippen molar-refractivity contribution in [2.24, 2.45) is 0 Å². The molecule has 3 aliphatic heterocycles. The fourth-order valence-corrected chi connectivity index (χ4v) is 9.10. The number of para-hydroxylation sites is 1. The molecule has 0 saturated heterocycles. The van der Waals surface area contributed by atoms with Crippen LogP contribution in [0.4, 0.5) is 0 Å². The predicted octanol–water partition coefficient (Wildman–Crippen LogP) is 12.2. The second-order valence-corrected chi connectivity index (χ2v) is 15.0. The van der Waals surface area contributed by atoms with Crippen LogP contribution in [0, 0.1) is 0 Å². The van der Waals surface area contributed by atoms with E-state index in [1.807, 2.05) is 0 Å². The maximum atomic E-state index is 3.90. The molecule has 8 aromatic rings. The van der Waals surface area contributed by atoms with Gasteiger partial charge in [0, 0.05) is 23.2 Å². The summed E-state index contributed by atoms with van der Waals surface area (Å²) in [6.45, 7) is 0.806. The van der Waals surface area contributed by atoms with Crippen LogP contribution in [0.2, 0.25) is 0 Å². The molecule has 272 valence electrons. The lowest BCUT2D eigenvalue weighted by Gasteiger charge is -2.29. The molecule has 0 aliphatic carbocycles. The van der Waals surface area contributed by atoms with Crippen molar-refractivity contribution < 1.29 is 0 Å². The number of rotatable bonds is 6. The van der Waals surface area contributed by atoms with Crippen LogP contribution < -0.4 is 16.0 Å². The molecule has 0 saturated carbocycles. The molecule has 1 aromatic heterocycles. The zero-order valence-electron chi connectivity index (χ0n) is 31.4. The van der Waals surface area contributed by atoms with Crippen molar-refractivity contribution in [3.8, 4) is 27.9 Å². The molecule has 2 atom stereocenters. The molecule has 0 radical (unpaired) electrons. The molecule has 0 amide bonds. The van der Waals surface area contributed by atoms with Crippen molar-refractivity contribution in [2.75, 3.05) is 0 Å². The summed E-state index contributed by atoms with van der Waals surface area (Å²) in [5, 5.41) is 17.5. The fraction of sp³-hybridized carbons (Fsp3) is 0.0566. The van der Waals surface area contributed by atoms with E-state index in [-0.39, 0.29) is 12.1 Å². The Morgan fingerprint density at radius 1 is 0.491 bits per heavy atom. The number of dihydropyridines is 2. The predicted molar refractivity (Wildman–Crippen MR) is 238 cm³/mol. The Kier molecular flexibility index (Phi) is 7.99. The third kappa shape index (κ3) is 5.68. The maximum Gasteiger partial charge on any atom is 0.0702 e. The zero-order valence-corrected chi connectivity index (χ0v) is 31.4. The average molecular weight is 733 g/mol. The Hall–Kier alpha value is -7.30. The van der Waals surface area contributed by atoms with Gasteiger partial charge in [-0.1, -0.05) is 146 Å². The van der Waals surface area contributed by atoms with Gasteiger partial charge in [0.1, 0.15) is 0 Å². The van der Waals surface area contributed by atoms with Gasteiger partial charge >= 0.3 is 0 Å². The molecule has 3 N–H and O–H groups in total. The van der Waals surface area contributed by atoms with Gasteiger partial charge in [-0.3, -0.25) is 0 Å². The highest BCUT2D eigenvalue weighted by Gasteiger charge is 2.24. The van der Waals surface area contributed by atoms with E-state index in [9.17, 15) is 0 Å². The smallest absolute Gasteiger partial charge is 0.0702 e. The third-order valence-corrected chi connectivity index (χ3v) is 11.7. The number of benzene rings is 7. The Morgan fingerprint density at radius 3 is 1.65 bits per heavy atom. The summed E-state index contributed by atoms with van der Waals surface area (Å²) in [5.74, 6) is 0. The van der Waals surface area contributed by atoms with Gasteiger partial charge in [0.05, 0.1) is 34.7 Å². The minimum atomic E-state index is -0.00194. The van der Waals surface area contributed by atoms with E-state index >= 15 is 0 Å². The lowest BCUT2D eigenvalue weighted by atomic mass is 9.84. The molecule has 4 heterocycles. The van der Waals surface area contributed by atoms with Crippen molar-refractivity contribution in [1.82, 2.24) is 20.5 Å².